The van der Waals surface area contributed by atoms with Crippen LogP contribution in [0.15, 0.2) is 116 Å². The number of nitrogens with one attached hydrogen (secondary N) is 1. The minimum Gasteiger partial charge on any atom is -0.457 e. The van der Waals surface area contributed by atoms with Crippen LogP contribution in [0.3, 0.4) is 0 Å². The average Bonchev–Trinajstić information content (AvgIpc) is 2.87. The van der Waals surface area contributed by atoms with Crippen molar-refractivity contribution in [1.82, 2.24) is 15.0 Å². The zero-order valence-corrected chi connectivity index (χ0v) is 17.2. The molecule has 1 N–H and O–H groups in total. The van der Waals surface area contributed by atoms with Crippen LogP contribution in [0.2, 0.25) is 0 Å². The number of rotatable bonds is 6. The molecule has 5 heteroatoms. The standard InChI is InChI=1S/C27H20N4O/c1-3-7-20(8-4-1)25-19-26(31-27(30-25)21-15-17-28-18-16-21)29-22-11-13-24(14-12-22)32-23-9-5-2-6-10-23/h1-19H,(H,29,30,31). The third kappa shape index (κ3) is 4.63. The lowest BCUT2D eigenvalue weighted by Gasteiger charge is -2.11. The van der Waals surface area contributed by atoms with Crippen molar-refractivity contribution in [1.29, 1.82) is 0 Å². The van der Waals surface area contributed by atoms with Crippen LogP contribution in [0.5, 0.6) is 11.5 Å². The normalized spacial score (nSPS) is 10.5. The van der Waals surface area contributed by atoms with Gasteiger partial charge in [-0.05, 0) is 48.5 Å². The highest BCUT2D eigenvalue weighted by Gasteiger charge is 2.09. The molecule has 0 spiro atoms. The predicted octanol–water partition coefficient (Wildman–Crippen LogP) is 6.74. The molecule has 0 bridgehead atoms. The van der Waals surface area contributed by atoms with Crippen LogP contribution >= 0.6 is 0 Å². The Morgan fingerprint density at radius 3 is 1.97 bits per heavy atom. The van der Waals surface area contributed by atoms with E-state index < -0.39 is 0 Å². The van der Waals surface area contributed by atoms with Gasteiger partial charge in [0, 0.05) is 35.3 Å². The van der Waals surface area contributed by atoms with E-state index in [0.29, 0.717) is 11.6 Å². The number of para-hydroxylation sites is 1. The average molecular weight is 416 g/mol. The highest BCUT2D eigenvalue weighted by molar-refractivity contribution is 5.69. The summed E-state index contributed by atoms with van der Waals surface area (Å²) in [5.41, 5.74) is 3.69. The van der Waals surface area contributed by atoms with Crippen LogP contribution < -0.4 is 10.1 Å². The summed E-state index contributed by atoms with van der Waals surface area (Å²) >= 11 is 0. The molecule has 32 heavy (non-hydrogen) atoms. The fourth-order valence-electron chi connectivity index (χ4n) is 3.28. The van der Waals surface area contributed by atoms with Gasteiger partial charge in [-0.15, -0.1) is 0 Å². The molecule has 5 nitrogen and oxygen atoms in total. The summed E-state index contributed by atoms with van der Waals surface area (Å²) in [5.74, 6) is 2.92. The van der Waals surface area contributed by atoms with Crippen molar-refractivity contribution in [3.8, 4) is 34.1 Å². The number of ether oxygens (including phenoxy) is 1. The van der Waals surface area contributed by atoms with Gasteiger partial charge in [-0.25, -0.2) is 9.97 Å². The minimum atomic E-state index is 0.639. The Balaban J connectivity index is 1.43. The quantitative estimate of drug-likeness (QED) is 0.332. The van der Waals surface area contributed by atoms with Crippen molar-refractivity contribution in [2.24, 2.45) is 0 Å². The van der Waals surface area contributed by atoms with Crippen molar-refractivity contribution >= 4 is 11.5 Å². The first-order chi connectivity index (χ1) is 15.8. The van der Waals surface area contributed by atoms with Crippen LogP contribution in [0.4, 0.5) is 11.5 Å². The van der Waals surface area contributed by atoms with Gasteiger partial charge in [0.1, 0.15) is 17.3 Å². The molecule has 2 aromatic heterocycles. The monoisotopic (exact) mass is 416 g/mol. The number of hydrogen-bond acceptors (Lipinski definition) is 5. The second kappa shape index (κ2) is 9.10. The molecular formula is C27H20N4O. The van der Waals surface area contributed by atoms with E-state index in [4.69, 9.17) is 14.7 Å². The Labute approximate surface area is 186 Å². The summed E-state index contributed by atoms with van der Waals surface area (Å²) in [4.78, 5) is 13.6. The zero-order chi connectivity index (χ0) is 21.6. The van der Waals surface area contributed by atoms with E-state index in [1.165, 1.54) is 0 Å². The Hall–Kier alpha value is -4.51. The van der Waals surface area contributed by atoms with Gasteiger partial charge >= 0.3 is 0 Å². The molecule has 0 amide bonds. The highest BCUT2D eigenvalue weighted by atomic mass is 16.5. The van der Waals surface area contributed by atoms with Gasteiger partial charge in [0.05, 0.1) is 5.69 Å². The van der Waals surface area contributed by atoms with Crippen LogP contribution in [0, 0.1) is 0 Å². The lowest BCUT2D eigenvalue weighted by atomic mass is 10.1. The van der Waals surface area contributed by atoms with Crippen molar-refractivity contribution in [2.75, 3.05) is 5.32 Å². The molecule has 0 atom stereocenters. The number of aromatic nitrogens is 3. The lowest BCUT2D eigenvalue weighted by molar-refractivity contribution is 0.483. The summed E-state index contributed by atoms with van der Waals surface area (Å²) in [6, 6.07) is 33.4. The van der Waals surface area contributed by atoms with E-state index in [2.05, 4.69) is 10.3 Å². The predicted molar refractivity (Wildman–Crippen MR) is 127 cm³/mol. The highest BCUT2D eigenvalue weighted by Crippen LogP contribution is 2.27. The summed E-state index contributed by atoms with van der Waals surface area (Å²) < 4.78 is 5.88. The maximum Gasteiger partial charge on any atom is 0.162 e. The third-order valence-electron chi connectivity index (χ3n) is 4.84. The topological polar surface area (TPSA) is 59.9 Å². The summed E-state index contributed by atoms with van der Waals surface area (Å²) in [6.07, 6.45) is 3.49. The number of benzene rings is 3. The van der Waals surface area contributed by atoms with Crippen molar-refractivity contribution in [3.05, 3.63) is 116 Å². The van der Waals surface area contributed by atoms with Crippen molar-refractivity contribution in [2.45, 2.75) is 0 Å². The smallest absolute Gasteiger partial charge is 0.162 e. The van der Waals surface area contributed by atoms with Crippen LogP contribution in [0.1, 0.15) is 0 Å². The molecule has 0 aliphatic carbocycles. The Morgan fingerprint density at radius 1 is 0.594 bits per heavy atom. The van der Waals surface area contributed by atoms with Crippen molar-refractivity contribution in [3.63, 3.8) is 0 Å². The molecule has 0 saturated carbocycles. The maximum absolute atomic E-state index is 5.88. The third-order valence-corrected chi connectivity index (χ3v) is 4.84. The van der Waals surface area contributed by atoms with E-state index in [9.17, 15) is 0 Å². The Kier molecular flexibility index (Phi) is 5.53. The molecule has 0 aliphatic rings. The van der Waals surface area contributed by atoms with E-state index >= 15 is 0 Å². The molecule has 0 unspecified atom stereocenters. The fraction of sp³-hybridized carbons (Fsp3) is 0. The van der Waals surface area contributed by atoms with Crippen LogP contribution in [-0.4, -0.2) is 15.0 Å². The Morgan fingerprint density at radius 2 is 1.25 bits per heavy atom. The van der Waals surface area contributed by atoms with Gasteiger partial charge < -0.3 is 10.1 Å². The first kappa shape index (κ1) is 19.5. The van der Waals surface area contributed by atoms with Gasteiger partial charge in [-0.1, -0.05) is 48.5 Å². The lowest BCUT2D eigenvalue weighted by Crippen LogP contribution is -1.99. The number of pyridine rings is 1. The first-order valence-electron chi connectivity index (χ1n) is 10.3. The van der Waals surface area contributed by atoms with Gasteiger partial charge in [-0.3, -0.25) is 4.98 Å². The van der Waals surface area contributed by atoms with Crippen LogP contribution in [-0.2, 0) is 0 Å². The maximum atomic E-state index is 5.88. The fourth-order valence-corrected chi connectivity index (χ4v) is 3.28. The molecule has 0 aliphatic heterocycles. The SMILES string of the molecule is c1ccc(Oc2ccc(Nc3cc(-c4ccccc4)nc(-c4ccncc4)n3)cc2)cc1. The molecule has 0 radical (unpaired) electrons. The van der Waals surface area contributed by atoms with E-state index in [-0.39, 0.29) is 0 Å². The minimum absolute atomic E-state index is 0.639. The van der Waals surface area contributed by atoms with Crippen molar-refractivity contribution < 1.29 is 4.74 Å². The number of anilines is 2. The summed E-state index contributed by atoms with van der Waals surface area (Å²) in [7, 11) is 0. The van der Waals surface area contributed by atoms with E-state index in [0.717, 1.165) is 34.0 Å². The van der Waals surface area contributed by atoms with Gasteiger partial charge in [0.15, 0.2) is 5.82 Å². The second-order valence-corrected chi connectivity index (χ2v) is 7.13. The summed E-state index contributed by atoms with van der Waals surface area (Å²) in [5, 5.41) is 3.39. The Bertz CT molecular complexity index is 1230. The molecule has 3 aromatic carbocycles. The summed E-state index contributed by atoms with van der Waals surface area (Å²) in [6.45, 7) is 0. The molecular weight excluding hydrogens is 396 g/mol. The van der Waals surface area contributed by atoms with Crippen LogP contribution in [0.25, 0.3) is 22.6 Å². The largest absolute Gasteiger partial charge is 0.457 e. The number of hydrogen-bond donors (Lipinski definition) is 1. The van der Waals surface area contributed by atoms with Gasteiger partial charge in [0.2, 0.25) is 0 Å². The zero-order valence-electron chi connectivity index (χ0n) is 17.2. The van der Waals surface area contributed by atoms with Gasteiger partial charge in [-0.2, -0.15) is 0 Å². The van der Waals surface area contributed by atoms with Gasteiger partial charge in [0.25, 0.3) is 0 Å². The number of nitrogens with zero attached hydrogens (tertiary/aromatic N) is 3. The molecule has 0 saturated heterocycles. The van der Waals surface area contributed by atoms with E-state index in [1.807, 2.05) is 103 Å². The molecule has 2 heterocycles. The second-order valence-electron chi connectivity index (χ2n) is 7.13. The molecule has 154 valence electrons. The molecule has 0 fully saturated rings. The first-order valence-corrected chi connectivity index (χ1v) is 10.3. The molecule has 5 aromatic rings. The van der Waals surface area contributed by atoms with E-state index in [1.54, 1.807) is 12.4 Å². The molecule has 5 rings (SSSR count).